The Bertz CT molecular complexity index is 1140. The second kappa shape index (κ2) is 9.13. The van der Waals surface area contributed by atoms with E-state index >= 15 is 0 Å². The van der Waals surface area contributed by atoms with Gasteiger partial charge in [0.2, 0.25) is 0 Å². The summed E-state index contributed by atoms with van der Waals surface area (Å²) >= 11 is 7.62. The van der Waals surface area contributed by atoms with Crippen molar-refractivity contribution < 1.29 is 4.79 Å². The minimum Gasteiger partial charge on any atom is -0.360 e. The number of para-hydroxylation sites is 1. The van der Waals surface area contributed by atoms with Crippen molar-refractivity contribution in [2.24, 2.45) is 0 Å². The molecule has 0 unspecified atom stereocenters. The van der Waals surface area contributed by atoms with Gasteiger partial charge in [0.15, 0.2) is 5.13 Å². The van der Waals surface area contributed by atoms with Crippen LogP contribution in [0.4, 0.5) is 5.13 Å². The van der Waals surface area contributed by atoms with Gasteiger partial charge < -0.3 is 9.88 Å². The Morgan fingerprint density at radius 3 is 2.76 bits per heavy atom. The predicted molar refractivity (Wildman–Crippen MR) is 125 cm³/mol. The fourth-order valence-electron chi connectivity index (χ4n) is 3.22. The topological polar surface area (TPSA) is 52.2 Å². The van der Waals surface area contributed by atoms with Crippen LogP contribution >= 0.6 is 35.3 Å². The molecule has 0 spiro atoms. The molecule has 5 nitrogen and oxygen atoms in total. The van der Waals surface area contributed by atoms with E-state index < -0.39 is 0 Å². The maximum Gasteiger partial charge on any atom is 0.262 e. The highest BCUT2D eigenvalue weighted by molar-refractivity contribution is 7.22. The highest BCUT2D eigenvalue weighted by atomic mass is 35.5. The third kappa shape index (κ3) is 4.56. The quantitative estimate of drug-likeness (QED) is 0.426. The molecule has 2 aromatic carbocycles. The van der Waals surface area contributed by atoms with Crippen LogP contribution in [0.1, 0.15) is 16.8 Å². The number of carbonyl (C=O) groups excluding carboxylic acids is 1. The number of aromatic nitrogens is 2. The number of halogens is 2. The van der Waals surface area contributed by atoms with Crippen molar-refractivity contribution in [3.8, 4) is 0 Å². The van der Waals surface area contributed by atoms with Gasteiger partial charge in [-0.3, -0.25) is 9.69 Å². The molecule has 4 rings (SSSR count). The number of H-pyrrole nitrogens is 1. The van der Waals surface area contributed by atoms with Crippen molar-refractivity contribution in [2.45, 2.75) is 6.42 Å². The monoisotopic (exact) mass is 448 g/mol. The van der Waals surface area contributed by atoms with E-state index in [-0.39, 0.29) is 18.3 Å². The Balaban J connectivity index is 0.00000240. The van der Waals surface area contributed by atoms with Crippen molar-refractivity contribution >= 4 is 67.5 Å². The highest BCUT2D eigenvalue weighted by Gasteiger charge is 2.23. The average Bonchev–Trinajstić information content (AvgIpc) is 3.28. The number of fused-ring (bicyclic) bond motifs is 2. The summed E-state index contributed by atoms with van der Waals surface area (Å²) in [6.45, 7) is 1.50. The molecule has 0 fully saturated rings. The van der Waals surface area contributed by atoms with Gasteiger partial charge >= 0.3 is 0 Å². The molecule has 1 amide bonds. The van der Waals surface area contributed by atoms with Crippen LogP contribution in [0.25, 0.3) is 21.1 Å². The molecule has 2 aromatic heterocycles. The molecule has 0 saturated heterocycles. The number of thiazole rings is 1. The largest absolute Gasteiger partial charge is 0.360 e. The SMILES string of the molecule is CN(C)CCCN(C(=O)c1c[nH]c2ccccc12)c1nc2ccc(Cl)cc2s1.Cl. The van der Waals surface area contributed by atoms with Crippen LogP contribution in [0, 0.1) is 0 Å². The van der Waals surface area contributed by atoms with Gasteiger partial charge in [0.05, 0.1) is 15.8 Å². The lowest BCUT2D eigenvalue weighted by Gasteiger charge is -2.20. The standard InChI is InChI=1S/C21H21ClN4OS.ClH/c1-25(2)10-5-11-26(21-24-18-9-8-14(22)12-19(18)28-21)20(27)16-13-23-17-7-4-3-6-15(16)17;/h3-4,6-9,12-13,23H,5,10-11H2,1-2H3;1H. The van der Waals surface area contributed by atoms with Crippen LogP contribution < -0.4 is 4.90 Å². The third-order valence-corrected chi connectivity index (χ3v) is 5.90. The number of carbonyl (C=O) groups is 1. The lowest BCUT2D eigenvalue weighted by atomic mass is 10.1. The minimum atomic E-state index is -0.0404. The van der Waals surface area contributed by atoms with Gasteiger partial charge in [-0.1, -0.05) is 41.1 Å². The highest BCUT2D eigenvalue weighted by Crippen LogP contribution is 2.32. The number of nitrogens with zero attached hydrogens (tertiary/aromatic N) is 3. The average molecular weight is 449 g/mol. The van der Waals surface area contributed by atoms with E-state index in [1.807, 2.05) is 56.6 Å². The summed E-state index contributed by atoms with van der Waals surface area (Å²) < 4.78 is 0.979. The summed E-state index contributed by atoms with van der Waals surface area (Å²) in [6.07, 6.45) is 2.65. The predicted octanol–water partition coefficient (Wildman–Crippen LogP) is 5.45. The summed E-state index contributed by atoms with van der Waals surface area (Å²) in [7, 11) is 4.07. The zero-order valence-electron chi connectivity index (χ0n) is 16.2. The second-order valence-corrected chi connectivity index (χ2v) is 8.42. The molecule has 1 N–H and O–H groups in total. The van der Waals surface area contributed by atoms with Crippen LogP contribution in [0.15, 0.2) is 48.7 Å². The Labute approximate surface area is 184 Å². The van der Waals surface area contributed by atoms with E-state index in [1.54, 1.807) is 11.1 Å². The first-order valence-electron chi connectivity index (χ1n) is 9.12. The van der Waals surface area contributed by atoms with Crippen molar-refractivity contribution in [1.82, 2.24) is 14.9 Å². The number of amides is 1. The van der Waals surface area contributed by atoms with Gasteiger partial charge in [-0.25, -0.2) is 4.98 Å². The van der Waals surface area contributed by atoms with Crippen LogP contribution in [-0.4, -0.2) is 48.0 Å². The zero-order chi connectivity index (χ0) is 19.7. The molecule has 8 heteroatoms. The van der Waals surface area contributed by atoms with Gasteiger partial charge in [0.1, 0.15) is 0 Å². The van der Waals surface area contributed by atoms with Crippen molar-refractivity contribution in [3.05, 3.63) is 59.2 Å². The molecule has 152 valence electrons. The fourth-order valence-corrected chi connectivity index (χ4v) is 4.49. The second-order valence-electron chi connectivity index (χ2n) is 6.97. The Morgan fingerprint density at radius 1 is 1.17 bits per heavy atom. The van der Waals surface area contributed by atoms with Gasteiger partial charge in [-0.15, -0.1) is 12.4 Å². The molecular weight excluding hydrogens is 427 g/mol. The lowest BCUT2D eigenvalue weighted by Crippen LogP contribution is -2.33. The first-order valence-corrected chi connectivity index (χ1v) is 10.3. The van der Waals surface area contributed by atoms with Crippen LogP contribution in [0.3, 0.4) is 0 Å². The first-order chi connectivity index (χ1) is 13.5. The van der Waals surface area contributed by atoms with E-state index in [9.17, 15) is 4.79 Å². The molecule has 0 aliphatic carbocycles. The van der Waals surface area contributed by atoms with Crippen molar-refractivity contribution in [2.75, 3.05) is 32.1 Å². The smallest absolute Gasteiger partial charge is 0.262 e. The maximum atomic E-state index is 13.5. The van der Waals surface area contributed by atoms with Crippen molar-refractivity contribution in [1.29, 1.82) is 0 Å². The normalized spacial score (nSPS) is 11.2. The fraction of sp³-hybridized carbons (Fsp3) is 0.238. The number of benzene rings is 2. The number of nitrogens with one attached hydrogen (secondary N) is 1. The number of hydrogen-bond acceptors (Lipinski definition) is 4. The molecular formula is C21H22Cl2N4OS. The third-order valence-electron chi connectivity index (χ3n) is 4.62. The number of aromatic amines is 1. The number of rotatable bonds is 6. The van der Waals surface area contributed by atoms with Gasteiger partial charge in [0, 0.05) is 28.7 Å². The van der Waals surface area contributed by atoms with E-state index in [2.05, 4.69) is 9.88 Å². The molecule has 29 heavy (non-hydrogen) atoms. The summed E-state index contributed by atoms with van der Waals surface area (Å²) in [6, 6.07) is 13.5. The van der Waals surface area contributed by atoms with E-state index in [0.717, 1.165) is 34.1 Å². The van der Waals surface area contributed by atoms with E-state index in [0.29, 0.717) is 22.3 Å². The van der Waals surface area contributed by atoms with Crippen LogP contribution in [-0.2, 0) is 0 Å². The maximum absolute atomic E-state index is 13.5. The Kier molecular flexibility index (Phi) is 6.80. The molecule has 0 bridgehead atoms. The summed E-state index contributed by atoms with van der Waals surface area (Å²) in [5.41, 5.74) is 2.47. The summed E-state index contributed by atoms with van der Waals surface area (Å²) in [5.74, 6) is -0.0404. The lowest BCUT2D eigenvalue weighted by molar-refractivity contribution is 0.0987. The molecule has 0 radical (unpaired) electrons. The molecule has 0 atom stereocenters. The molecule has 0 saturated carbocycles. The first kappa shape index (κ1) is 21.6. The molecule has 2 heterocycles. The van der Waals surface area contributed by atoms with Crippen LogP contribution in [0.2, 0.25) is 5.02 Å². The summed E-state index contributed by atoms with van der Waals surface area (Å²) in [5, 5.41) is 2.30. The minimum absolute atomic E-state index is 0. The Morgan fingerprint density at radius 2 is 1.97 bits per heavy atom. The van der Waals surface area contributed by atoms with Crippen LogP contribution in [0.5, 0.6) is 0 Å². The van der Waals surface area contributed by atoms with Gasteiger partial charge in [-0.2, -0.15) is 0 Å². The van der Waals surface area contributed by atoms with E-state index in [4.69, 9.17) is 16.6 Å². The van der Waals surface area contributed by atoms with E-state index in [1.165, 1.54) is 11.3 Å². The number of anilines is 1. The molecule has 0 aliphatic heterocycles. The zero-order valence-corrected chi connectivity index (χ0v) is 18.6. The summed E-state index contributed by atoms with van der Waals surface area (Å²) in [4.78, 5) is 25.3. The Hall–Kier alpha value is -2.12. The molecule has 4 aromatic rings. The molecule has 0 aliphatic rings. The number of hydrogen-bond donors (Lipinski definition) is 1. The van der Waals surface area contributed by atoms with Gasteiger partial charge in [0.25, 0.3) is 5.91 Å². The van der Waals surface area contributed by atoms with Crippen molar-refractivity contribution in [3.63, 3.8) is 0 Å². The van der Waals surface area contributed by atoms with Gasteiger partial charge in [-0.05, 0) is 51.3 Å².